The highest BCUT2D eigenvalue weighted by Gasteiger charge is 2.20. The molecular formula is C18H17N2O3S-. The molecule has 2 heterocycles. The highest BCUT2D eigenvalue weighted by atomic mass is 32.1. The Labute approximate surface area is 143 Å². The second kappa shape index (κ2) is 6.20. The van der Waals surface area contributed by atoms with Gasteiger partial charge in [0.2, 0.25) is 0 Å². The summed E-state index contributed by atoms with van der Waals surface area (Å²) in [6.07, 6.45) is 1.57. The third kappa shape index (κ3) is 2.63. The Kier molecular flexibility index (Phi) is 4.24. The zero-order valence-electron chi connectivity index (χ0n) is 13.7. The smallest absolute Gasteiger partial charge is 0.263 e. The van der Waals surface area contributed by atoms with Gasteiger partial charge >= 0.3 is 0 Å². The van der Waals surface area contributed by atoms with Crippen molar-refractivity contribution in [3.8, 4) is 11.1 Å². The summed E-state index contributed by atoms with van der Waals surface area (Å²) < 4.78 is 1.17. The maximum atomic E-state index is 12.9. The first kappa shape index (κ1) is 16.4. The molecule has 0 amide bonds. The van der Waals surface area contributed by atoms with Crippen LogP contribution in [0.5, 0.6) is 0 Å². The molecule has 0 fully saturated rings. The Morgan fingerprint density at radius 3 is 2.54 bits per heavy atom. The van der Waals surface area contributed by atoms with Crippen LogP contribution in [-0.2, 0) is 4.79 Å². The molecule has 0 N–H and O–H groups in total. The molecule has 0 saturated heterocycles. The standard InChI is InChI=1S/C18H18N2O3S/c1-4-13(18(22)23)20-9-19-16-15(17(20)21)14(11(3)24-16)12-7-5-10(2)6-8-12/h5-9,13H,4H2,1-3H3,(H,22,23)/p-1. The fourth-order valence-corrected chi connectivity index (χ4v) is 3.89. The lowest BCUT2D eigenvalue weighted by atomic mass is 10.0. The molecule has 124 valence electrons. The predicted octanol–water partition coefficient (Wildman–Crippen LogP) is 2.44. The molecule has 0 bridgehead atoms. The minimum Gasteiger partial charge on any atom is -0.548 e. The Hall–Kier alpha value is -2.47. The molecule has 3 rings (SSSR count). The zero-order chi connectivity index (χ0) is 17.4. The van der Waals surface area contributed by atoms with E-state index in [1.54, 1.807) is 6.92 Å². The van der Waals surface area contributed by atoms with E-state index in [0.29, 0.717) is 10.2 Å². The van der Waals surface area contributed by atoms with Crippen molar-refractivity contribution in [3.05, 3.63) is 51.4 Å². The number of thiophene rings is 1. The Balaban J connectivity index is 2.31. The monoisotopic (exact) mass is 341 g/mol. The summed E-state index contributed by atoms with van der Waals surface area (Å²) in [6.45, 7) is 5.65. The fraction of sp³-hybridized carbons (Fsp3) is 0.278. The Morgan fingerprint density at radius 1 is 1.29 bits per heavy atom. The van der Waals surface area contributed by atoms with Gasteiger partial charge in [0, 0.05) is 10.4 Å². The van der Waals surface area contributed by atoms with Crippen molar-refractivity contribution in [2.75, 3.05) is 0 Å². The van der Waals surface area contributed by atoms with Gasteiger partial charge in [0.1, 0.15) is 4.83 Å². The van der Waals surface area contributed by atoms with E-state index in [-0.39, 0.29) is 12.0 Å². The third-order valence-corrected chi connectivity index (χ3v) is 5.16. The molecule has 1 unspecified atom stereocenters. The van der Waals surface area contributed by atoms with Gasteiger partial charge in [-0.1, -0.05) is 36.8 Å². The highest BCUT2D eigenvalue weighted by molar-refractivity contribution is 7.19. The van der Waals surface area contributed by atoms with Crippen molar-refractivity contribution < 1.29 is 9.90 Å². The Bertz CT molecular complexity index is 970. The van der Waals surface area contributed by atoms with E-state index < -0.39 is 12.0 Å². The summed E-state index contributed by atoms with van der Waals surface area (Å²) in [5.74, 6) is -1.27. The summed E-state index contributed by atoms with van der Waals surface area (Å²) >= 11 is 1.44. The van der Waals surface area contributed by atoms with E-state index in [2.05, 4.69) is 4.98 Å². The average Bonchev–Trinajstić information content (AvgIpc) is 2.88. The van der Waals surface area contributed by atoms with E-state index in [1.807, 2.05) is 38.1 Å². The number of aliphatic carboxylic acids is 1. The van der Waals surface area contributed by atoms with Gasteiger partial charge in [0.05, 0.1) is 23.7 Å². The van der Waals surface area contributed by atoms with Crippen molar-refractivity contribution in [2.45, 2.75) is 33.2 Å². The number of hydrogen-bond acceptors (Lipinski definition) is 5. The molecule has 2 aromatic heterocycles. The summed E-state index contributed by atoms with van der Waals surface area (Å²) in [4.78, 5) is 30.2. The zero-order valence-corrected chi connectivity index (χ0v) is 14.5. The maximum absolute atomic E-state index is 12.9. The lowest BCUT2D eigenvalue weighted by molar-refractivity contribution is -0.310. The molecule has 0 radical (unpaired) electrons. The fourth-order valence-electron chi connectivity index (χ4n) is 2.88. The number of carbonyl (C=O) groups is 1. The minimum atomic E-state index is -1.27. The summed E-state index contributed by atoms with van der Waals surface area (Å²) in [5, 5.41) is 11.8. The van der Waals surface area contributed by atoms with Crippen LogP contribution in [0.25, 0.3) is 21.3 Å². The highest BCUT2D eigenvalue weighted by Crippen LogP contribution is 2.35. The molecule has 0 aliphatic rings. The van der Waals surface area contributed by atoms with E-state index >= 15 is 0 Å². The molecular weight excluding hydrogens is 324 g/mol. The van der Waals surface area contributed by atoms with Crippen molar-refractivity contribution in [2.24, 2.45) is 0 Å². The van der Waals surface area contributed by atoms with Gasteiger partial charge in [-0.25, -0.2) is 4.98 Å². The molecule has 0 spiro atoms. The van der Waals surface area contributed by atoms with Gasteiger partial charge in [-0.05, 0) is 25.8 Å². The molecule has 5 nitrogen and oxygen atoms in total. The topological polar surface area (TPSA) is 75.0 Å². The molecule has 1 aromatic carbocycles. The largest absolute Gasteiger partial charge is 0.548 e. The average molecular weight is 341 g/mol. The normalized spacial score (nSPS) is 12.5. The van der Waals surface area contributed by atoms with Crippen LogP contribution >= 0.6 is 11.3 Å². The number of aromatic nitrogens is 2. The van der Waals surface area contributed by atoms with Crippen molar-refractivity contribution in [3.63, 3.8) is 0 Å². The summed E-state index contributed by atoms with van der Waals surface area (Å²) in [5.41, 5.74) is 2.56. The van der Waals surface area contributed by atoms with Crippen molar-refractivity contribution in [1.82, 2.24) is 9.55 Å². The lowest BCUT2D eigenvalue weighted by Crippen LogP contribution is -2.37. The number of carboxylic acid groups (broad SMARTS) is 1. The molecule has 1 atom stereocenters. The minimum absolute atomic E-state index is 0.262. The number of fused-ring (bicyclic) bond motifs is 1. The molecule has 6 heteroatoms. The van der Waals surface area contributed by atoms with E-state index in [4.69, 9.17) is 0 Å². The van der Waals surface area contributed by atoms with Gasteiger partial charge in [0.15, 0.2) is 0 Å². The van der Waals surface area contributed by atoms with E-state index in [0.717, 1.165) is 21.6 Å². The number of carbonyl (C=O) groups excluding carboxylic acids is 1. The number of nitrogens with zero attached hydrogens (tertiary/aromatic N) is 2. The number of rotatable bonds is 4. The number of carboxylic acids is 1. The van der Waals surface area contributed by atoms with E-state index in [1.165, 1.54) is 22.2 Å². The van der Waals surface area contributed by atoms with Crippen LogP contribution in [0.1, 0.15) is 29.8 Å². The second-order valence-corrected chi connectivity index (χ2v) is 6.98. The molecule has 24 heavy (non-hydrogen) atoms. The summed E-state index contributed by atoms with van der Waals surface area (Å²) in [6, 6.07) is 6.90. The Morgan fingerprint density at radius 2 is 1.96 bits per heavy atom. The van der Waals surface area contributed by atoms with Crippen LogP contribution in [-0.4, -0.2) is 15.5 Å². The first-order valence-electron chi connectivity index (χ1n) is 7.72. The predicted molar refractivity (Wildman–Crippen MR) is 93.1 cm³/mol. The number of aryl methyl sites for hydroxylation is 2. The van der Waals surface area contributed by atoms with Crippen LogP contribution in [0.2, 0.25) is 0 Å². The van der Waals surface area contributed by atoms with Crippen LogP contribution in [0, 0.1) is 13.8 Å². The van der Waals surface area contributed by atoms with Crippen LogP contribution < -0.4 is 10.7 Å². The summed E-state index contributed by atoms with van der Waals surface area (Å²) in [7, 11) is 0. The van der Waals surface area contributed by atoms with Crippen LogP contribution in [0.3, 0.4) is 0 Å². The molecule has 0 saturated carbocycles. The van der Waals surface area contributed by atoms with E-state index in [9.17, 15) is 14.7 Å². The molecule has 0 aliphatic carbocycles. The van der Waals surface area contributed by atoms with Crippen LogP contribution in [0.15, 0.2) is 35.4 Å². The SMILES string of the molecule is CCC(C(=O)[O-])n1cnc2sc(C)c(-c3ccc(C)cc3)c2c1=O. The quantitative estimate of drug-likeness (QED) is 0.730. The number of hydrogen-bond donors (Lipinski definition) is 0. The first-order chi connectivity index (χ1) is 11.4. The van der Waals surface area contributed by atoms with Crippen molar-refractivity contribution in [1.29, 1.82) is 0 Å². The van der Waals surface area contributed by atoms with Gasteiger partial charge in [0.25, 0.3) is 5.56 Å². The molecule has 3 aromatic rings. The van der Waals surface area contributed by atoms with Gasteiger partial charge in [-0.15, -0.1) is 11.3 Å². The van der Waals surface area contributed by atoms with Crippen LogP contribution in [0.4, 0.5) is 0 Å². The maximum Gasteiger partial charge on any atom is 0.263 e. The molecule has 0 aliphatic heterocycles. The van der Waals surface area contributed by atoms with Gasteiger partial charge in [-0.2, -0.15) is 0 Å². The lowest BCUT2D eigenvalue weighted by Gasteiger charge is -2.18. The number of benzene rings is 1. The second-order valence-electron chi connectivity index (χ2n) is 5.78. The van der Waals surface area contributed by atoms with Gasteiger partial charge in [-0.3, -0.25) is 9.36 Å². The van der Waals surface area contributed by atoms with Crippen molar-refractivity contribution >= 4 is 27.5 Å². The third-order valence-electron chi connectivity index (χ3n) is 4.15. The van der Waals surface area contributed by atoms with Gasteiger partial charge < -0.3 is 9.90 Å². The first-order valence-corrected chi connectivity index (χ1v) is 8.53.